The molecule has 0 aliphatic rings. The molecule has 3 heteroatoms. The van der Waals surface area contributed by atoms with Gasteiger partial charge in [-0.05, 0) is 36.5 Å². The second kappa shape index (κ2) is 8.79. The summed E-state index contributed by atoms with van der Waals surface area (Å²) in [6, 6.07) is 18.0. The summed E-state index contributed by atoms with van der Waals surface area (Å²) >= 11 is 0. The number of amides is 1. The third kappa shape index (κ3) is 5.99. The van der Waals surface area contributed by atoms with Crippen LogP contribution in [0.1, 0.15) is 23.6 Å². The van der Waals surface area contributed by atoms with Crippen LogP contribution in [-0.4, -0.2) is 12.1 Å². The van der Waals surface area contributed by atoms with Crippen LogP contribution in [0.25, 0.3) is 0 Å². The Kier molecular flexibility index (Phi) is 6.42. The molecule has 0 spiro atoms. The Morgan fingerprint density at radius 2 is 1.74 bits per heavy atom. The maximum Gasteiger partial charge on any atom is 0.407 e. The zero-order chi connectivity index (χ0) is 16.5. The van der Waals surface area contributed by atoms with Crippen molar-refractivity contribution in [2.24, 2.45) is 0 Å². The monoisotopic (exact) mass is 309 g/mol. The van der Waals surface area contributed by atoms with Gasteiger partial charge in [0.25, 0.3) is 0 Å². The van der Waals surface area contributed by atoms with E-state index in [1.807, 2.05) is 43.3 Å². The number of benzene rings is 2. The van der Waals surface area contributed by atoms with Crippen molar-refractivity contribution >= 4 is 6.09 Å². The molecule has 3 nitrogen and oxygen atoms in total. The first-order chi connectivity index (χ1) is 11.2. The number of hydrogen-bond donors (Lipinski definition) is 1. The molecule has 0 fully saturated rings. The zero-order valence-electron chi connectivity index (χ0n) is 13.5. The molecule has 0 aliphatic heterocycles. The summed E-state index contributed by atoms with van der Waals surface area (Å²) in [5.41, 5.74) is 3.41. The summed E-state index contributed by atoms with van der Waals surface area (Å²) in [6.07, 6.45) is 3.15. The van der Waals surface area contributed by atoms with Gasteiger partial charge in [0, 0.05) is 6.04 Å². The van der Waals surface area contributed by atoms with Crippen molar-refractivity contribution < 1.29 is 9.53 Å². The highest BCUT2D eigenvalue weighted by molar-refractivity contribution is 5.67. The van der Waals surface area contributed by atoms with E-state index < -0.39 is 0 Å². The van der Waals surface area contributed by atoms with Crippen LogP contribution in [-0.2, 0) is 24.2 Å². The van der Waals surface area contributed by atoms with E-state index in [-0.39, 0.29) is 18.7 Å². The van der Waals surface area contributed by atoms with Crippen LogP contribution in [0.4, 0.5) is 4.79 Å². The first-order valence-electron chi connectivity index (χ1n) is 7.83. The van der Waals surface area contributed by atoms with Crippen LogP contribution in [0.3, 0.4) is 0 Å². The Hall–Kier alpha value is -2.55. The summed E-state index contributed by atoms with van der Waals surface area (Å²) in [6.45, 7) is 6.00. The fraction of sp³-hybridized carbons (Fsp3) is 0.250. The normalized spacial score (nSPS) is 11.5. The lowest BCUT2D eigenvalue weighted by atomic mass is 10.0. The second-order valence-corrected chi connectivity index (χ2v) is 5.62. The molecule has 0 bridgehead atoms. The van der Waals surface area contributed by atoms with Gasteiger partial charge in [-0.25, -0.2) is 4.79 Å². The van der Waals surface area contributed by atoms with Crippen molar-refractivity contribution in [1.29, 1.82) is 0 Å². The fourth-order valence-electron chi connectivity index (χ4n) is 2.35. The Balaban J connectivity index is 1.76. The van der Waals surface area contributed by atoms with Gasteiger partial charge in [-0.3, -0.25) is 0 Å². The number of alkyl carbamates (subject to hydrolysis) is 1. The molecule has 1 atom stereocenters. The van der Waals surface area contributed by atoms with Gasteiger partial charge in [0.05, 0.1) is 0 Å². The van der Waals surface area contributed by atoms with Crippen molar-refractivity contribution in [2.75, 3.05) is 0 Å². The lowest BCUT2D eigenvalue weighted by Crippen LogP contribution is -2.34. The van der Waals surface area contributed by atoms with Gasteiger partial charge in [0.2, 0.25) is 0 Å². The Bertz CT molecular complexity index is 620. The molecule has 0 aliphatic carbocycles. The molecule has 2 aromatic rings. The first kappa shape index (κ1) is 16.8. The summed E-state index contributed by atoms with van der Waals surface area (Å²) < 4.78 is 5.23. The van der Waals surface area contributed by atoms with Gasteiger partial charge < -0.3 is 10.1 Å². The van der Waals surface area contributed by atoms with Crippen molar-refractivity contribution in [1.82, 2.24) is 5.32 Å². The number of ether oxygens (including phenoxy) is 1. The van der Waals surface area contributed by atoms with Crippen LogP contribution in [0.5, 0.6) is 0 Å². The molecule has 1 N–H and O–H groups in total. The predicted molar refractivity (Wildman–Crippen MR) is 93.3 cm³/mol. The van der Waals surface area contributed by atoms with Crippen LogP contribution < -0.4 is 5.32 Å². The third-order valence-corrected chi connectivity index (χ3v) is 3.52. The molecule has 0 heterocycles. The SMILES string of the molecule is C=CCc1ccc(C[C@@H](C)NC(=O)OCc2ccccc2)cc1. The Morgan fingerprint density at radius 3 is 2.39 bits per heavy atom. The summed E-state index contributed by atoms with van der Waals surface area (Å²) in [5.74, 6) is 0. The number of carbonyl (C=O) groups is 1. The van der Waals surface area contributed by atoms with Crippen LogP contribution in [0.2, 0.25) is 0 Å². The first-order valence-corrected chi connectivity index (χ1v) is 7.83. The Labute approximate surface area is 138 Å². The average Bonchev–Trinajstić information content (AvgIpc) is 2.56. The maximum absolute atomic E-state index is 11.8. The predicted octanol–water partition coefficient (Wildman–Crippen LogP) is 4.27. The van der Waals surface area contributed by atoms with E-state index >= 15 is 0 Å². The molecule has 1 amide bonds. The molecule has 23 heavy (non-hydrogen) atoms. The molecular formula is C20H23NO2. The van der Waals surface area contributed by atoms with E-state index in [4.69, 9.17) is 4.74 Å². The summed E-state index contributed by atoms with van der Waals surface area (Å²) in [4.78, 5) is 11.8. The van der Waals surface area contributed by atoms with Gasteiger partial charge in [-0.2, -0.15) is 0 Å². The number of hydrogen-bond acceptors (Lipinski definition) is 2. The smallest absolute Gasteiger partial charge is 0.407 e. The van der Waals surface area contributed by atoms with E-state index in [9.17, 15) is 4.79 Å². The van der Waals surface area contributed by atoms with Crippen molar-refractivity contribution in [3.05, 3.63) is 83.9 Å². The largest absolute Gasteiger partial charge is 0.445 e. The number of rotatable bonds is 7. The average molecular weight is 309 g/mol. The number of nitrogens with one attached hydrogen (secondary N) is 1. The van der Waals surface area contributed by atoms with Crippen molar-refractivity contribution in [2.45, 2.75) is 32.4 Å². The van der Waals surface area contributed by atoms with E-state index in [0.717, 1.165) is 18.4 Å². The third-order valence-electron chi connectivity index (χ3n) is 3.52. The topological polar surface area (TPSA) is 38.3 Å². The van der Waals surface area contributed by atoms with Crippen LogP contribution in [0, 0.1) is 0 Å². The highest BCUT2D eigenvalue weighted by Crippen LogP contribution is 2.08. The molecule has 0 saturated heterocycles. The molecule has 0 saturated carbocycles. The lowest BCUT2D eigenvalue weighted by Gasteiger charge is -2.14. The zero-order valence-corrected chi connectivity index (χ0v) is 13.5. The lowest BCUT2D eigenvalue weighted by molar-refractivity contribution is 0.136. The quantitative estimate of drug-likeness (QED) is 0.776. The highest BCUT2D eigenvalue weighted by atomic mass is 16.5. The second-order valence-electron chi connectivity index (χ2n) is 5.62. The number of allylic oxidation sites excluding steroid dienone is 1. The molecule has 0 aromatic heterocycles. The molecule has 2 rings (SSSR count). The maximum atomic E-state index is 11.8. The summed E-state index contributed by atoms with van der Waals surface area (Å²) in [7, 11) is 0. The van der Waals surface area contributed by atoms with E-state index in [1.165, 1.54) is 11.1 Å². The molecule has 0 unspecified atom stereocenters. The minimum absolute atomic E-state index is 0.0172. The standard InChI is InChI=1S/C20H23NO2/c1-3-7-17-10-12-18(13-11-17)14-16(2)21-20(22)23-15-19-8-5-4-6-9-19/h3-6,8-13,16H,1,7,14-15H2,2H3,(H,21,22)/t16-/m1/s1. The molecule has 120 valence electrons. The molecule has 2 aromatic carbocycles. The highest BCUT2D eigenvalue weighted by Gasteiger charge is 2.09. The Morgan fingerprint density at radius 1 is 1.09 bits per heavy atom. The van der Waals surface area contributed by atoms with Gasteiger partial charge in [-0.1, -0.05) is 60.7 Å². The molecular weight excluding hydrogens is 286 g/mol. The minimum atomic E-state index is -0.385. The van der Waals surface area contributed by atoms with Crippen molar-refractivity contribution in [3.63, 3.8) is 0 Å². The molecule has 0 radical (unpaired) electrons. The van der Waals surface area contributed by atoms with Crippen LogP contribution in [0.15, 0.2) is 67.3 Å². The van der Waals surface area contributed by atoms with Gasteiger partial charge in [-0.15, -0.1) is 6.58 Å². The van der Waals surface area contributed by atoms with E-state index in [1.54, 1.807) is 0 Å². The minimum Gasteiger partial charge on any atom is -0.445 e. The fourth-order valence-corrected chi connectivity index (χ4v) is 2.35. The van der Waals surface area contributed by atoms with Gasteiger partial charge >= 0.3 is 6.09 Å². The number of carbonyl (C=O) groups excluding carboxylic acids is 1. The van der Waals surface area contributed by atoms with E-state index in [2.05, 4.69) is 36.2 Å². The summed E-state index contributed by atoms with van der Waals surface area (Å²) in [5, 5.41) is 2.86. The van der Waals surface area contributed by atoms with E-state index in [0.29, 0.717) is 0 Å². The van der Waals surface area contributed by atoms with Crippen molar-refractivity contribution in [3.8, 4) is 0 Å². The van der Waals surface area contributed by atoms with Crippen LogP contribution >= 0.6 is 0 Å². The van der Waals surface area contributed by atoms with Gasteiger partial charge in [0.15, 0.2) is 0 Å². The van der Waals surface area contributed by atoms with Gasteiger partial charge in [0.1, 0.15) is 6.61 Å².